The predicted molar refractivity (Wildman–Crippen MR) is 236 cm³/mol. The summed E-state index contributed by atoms with van der Waals surface area (Å²) >= 11 is 0. The molecule has 0 aromatic carbocycles. The minimum absolute atomic E-state index is 0.359. The van der Waals surface area contributed by atoms with E-state index in [1.54, 1.807) is 6.08 Å². The van der Waals surface area contributed by atoms with Crippen LogP contribution in [0.15, 0.2) is 12.2 Å². The van der Waals surface area contributed by atoms with Crippen LogP contribution >= 0.6 is 0 Å². The first-order valence-corrected chi connectivity index (χ1v) is 24.5. The maximum absolute atomic E-state index is 12.5. The highest BCUT2D eigenvalue weighted by atomic mass is 16.3. The third-order valence-electron chi connectivity index (χ3n) is 11.6. The van der Waals surface area contributed by atoms with Gasteiger partial charge in [0.15, 0.2) is 0 Å². The zero-order valence-corrected chi connectivity index (χ0v) is 36.6. The molecule has 0 aliphatic heterocycles. The number of unbranched alkanes of at least 4 members (excludes halogenated alkanes) is 37. The molecule has 5 nitrogen and oxygen atoms in total. The standard InChI is InChI=1S/C49H97NO4/c1-3-5-7-9-11-13-15-17-19-20-21-22-23-24-25-26-27-28-30-31-33-35-37-39-41-43-47(52)46(45-51)50-49(54)48(53)44-42-40-38-36-34-32-29-18-16-14-12-10-8-6-4-2/h41,43,46-48,51-53H,3-40,42,44-45H2,1-2H3,(H,50,54)/b43-41+. The van der Waals surface area contributed by atoms with Crippen molar-refractivity contribution in [1.29, 1.82) is 0 Å². The minimum atomic E-state index is -1.09. The van der Waals surface area contributed by atoms with Gasteiger partial charge in [-0.25, -0.2) is 0 Å². The van der Waals surface area contributed by atoms with E-state index in [1.165, 1.54) is 218 Å². The zero-order chi connectivity index (χ0) is 39.4. The molecule has 54 heavy (non-hydrogen) atoms. The lowest BCUT2D eigenvalue weighted by Crippen LogP contribution is -2.48. The second-order valence-corrected chi connectivity index (χ2v) is 17.0. The number of hydrogen-bond donors (Lipinski definition) is 4. The van der Waals surface area contributed by atoms with Crippen LogP contribution in [0.2, 0.25) is 0 Å². The van der Waals surface area contributed by atoms with Crippen molar-refractivity contribution in [3.05, 3.63) is 12.2 Å². The largest absolute Gasteiger partial charge is 0.394 e. The monoisotopic (exact) mass is 764 g/mol. The summed E-state index contributed by atoms with van der Waals surface area (Å²) in [4.78, 5) is 12.5. The maximum Gasteiger partial charge on any atom is 0.249 e. The van der Waals surface area contributed by atoms with Crippen LogP contribution in [0.4, 0.5) is 0 Å². The van der Waals surface area contributed by atoms with Gasteiger partial charge in [-0.1, -0.05) is 264 Å². The molecule has 0 rings (SSSR count). The summed E-state index contributed by atoms with van der Waals surface area (Å²) in [6, 6.07) is -0.793. The van der Waals surface area contributed by atoms with Crippen molar-refractivity contribution in [3.63, 3.8) is 0 Å². The molecule has 0 aliphatic rings. The highest BCUT2D eigenvalue weighted by Crippen LogP contribution is 2.17. The van der Waals surface area contributed by atoms with E-state index in [1.807, 2.05) is 6.08 Å². The molecule has 1 amide bonds. The SMILES string of the molecule is CCCCCCCCCCCCCCCCCCCCCCCCC/C=C/C(O)C(CO)NC(=O)C(O)CCCCCCCCCCCCCCCCC. The van der Waals surface area contributed by atoms with E-state index in [0.29, 0.717) is 6.42 Å². The Hall–Kier alpha value is -0.910. The highest BCUT2D eigenvalue weighted by molar-refractivity contribution is 5.80. The van der Waals surface area contributed by atoms with Crippen LogP contribution in [0.5, 0.6) is 0 Å². The number of amides is 1. The topological polar surface area (TPSA) is 89.8 Å². The van der Waals surface area contributed by atoms with Crippen molar-refractivity contribution in [2.75, 3.05) is 6.61 Å². The van der Waals surface area contributed by atoms with Crippen molar-refractivity contribution in [3.8, 4) is 0 Å². The smallest absolute Gasteiger partial charge is 0.249 e. The molecule has 0 heterocycles. The molecule has 322 valence electrons. The van der Waals surface area contributed by atoms with Gasteiger partial charge in [0.1, 0.15) is 6.10 Å². The molecule has 0 aromatic heterocycles. The van der Waals surface area contributed by atoms with Gasteiger partial charge >= 0.3 is 0 Å². The van der Waals surface area contributed by atoms with Gasteiger partial charge in [0, 0.05) is 0 Å². The van der Waals surface area contributed by atoms with Crippen LogP contribution < -0.4 is 5.32 Å². The number of aliphatic hydroxyl groups excluding tert-OH is 3. The Labute approximate surface area is 338 Å². The zero-order valence-electron chi connectivity index (χ0n) is 36.6. The summed E-state index contributed by atoms with van der Waals surface area (Å²) in [6.07, 6.45) is 54.1. The van der Waals surface area contributed by atoms with Gasteiger partial charge in [-0.2, -0.15) is 0 Å². The van der Waals surface area contributed by atoms with Crippen LogP contribution in [-0.2, 0) is 4.79 Å². The second-order valence-electron chi connectivity index (χ2n) is 17.0. The molecule has 0 fully saturated rings. The van der Waals surface area contributed by atoms with Gasteiger partial charge in [-0.3, -0.25) is 4.79 Å². The van der Waals surface area contributed by atoms with E-state index < -0.39 is 24.2 Å². The van der Waals surface area contributed by atoms with E-state index in [2.05, 4.69) is 19.2 Å². The van der Waals surface area contributed by atoms with Gasteiger partial charge in [0.05, 0.1) is 18.8 Å². The van der Waals surface area contributed by atoms with Gasteiger partial charge in [-0.05, 0) is 19.3 Å². The van der Waals surface area contributed by atoms with Gasteiger partial charge in [0.25, 0.3) is 0 Å². The molecule has 0 spiro atoms. The number of aliphatic hydroxyl groups is 3. The number of hydrogen-bond acceptors (Lipinski definition) is 4. The van der Waals surface area contributed by atoms with Crippen LogP contribution in [0.3, 0.4) is 0 Å². The maximum atomic E-state index is 12.5. The highest BCUT2D eigenvalue weighted by Gasteiger charge is 2.22. The van der Waals surface area contributed by atoms with Gasteiger partial charge in [-0.15, -0.1) is 0 Å². The van der Waals surface area contributed by atoms with E-state index in [-0.39, 0.29) is 6.61 Å². The van der Waals surface area contributed by atoms with E-state index in [0.717, 1.165) is 32.1 Å². The first-order valence-electron chi connectivity index (χ1n) is 24.5. The molecule has 0 radical (unpaired) electrons. The van der Waals surface area contributed by atoms with Crippen molar-refractivity contribution >= 4 is 5.91 Å². The molecule has 4 N–H and O–H groups in total. The Morgan fingerprint density at radius 2 is 0.722 bits per heavy atom. The summed E-state index contributed by atoms with van der Waals surface area (Å²) in [5.74, 6) is -0.498. The van der Waals surface area contributed by atoms with Crippen molar-refractivity contribution in [2.45, 2.75) is 289 Å². The van der Waals surface area contributed by atoms with Crippen LogP contribution in [0.25, 0.3) is 0 Å². The molecular weight excluding hydrogens is 667 g/mol. The van der Waals surface area contributed by atoms with E-state index in [9.17, 15) is 20.1 Å². The minimum Gasteiger partial charge on any atom is -0.394 e. The summed E-state index contributed by atoms with van der Waals surface area (Å²) in [5, 5.41) is 33.2. The van der Waals surface area contributed by atoms with E-state index >= 15 is 0 Å². The van der Waals surface area contributed by atoms with Crippen LogP contribution in [0.1, 0.15) is 271 Å². The number of nitrogens with one attached hydrogen (secondary N) is 1. The van der Waals surface area contributed by atoms with Crippen molar-refractivity contribution < 1.29 is 20.1 Å². The Kier molecular flexibility index (Phi) is 44.0. The quantitative estimate of drug-likeness (QED) is 0.0367. The molecule has 0 aliphatic carbocycles. The lowest BCUT2D eigenvalue weighted by atomic mass is 10.0. The van der Waals surface area contributed by atoms with Crippen LogP contribution in [0, 0.1) is 0 Å². The fraction of sp³-hybridized carbons (Fsp3) is 0.939. The summed E-state index contributed by atoms with van der Waals surface area (Å²) in [5.41, 5.74) is 0. The third-order valence-corrected chi connectivity index (χ3v) is 11.6. The molecule has 3 unspecified atom stereocenters. The summed E-state index contributed by atoms with van der Waals surface area (Å²) < 4.78 is 0. The Morgan fingerprint density at radius 1 is 0.444 bits per heavy atom. The number of rotatable bonds is 45. The van der Waals surface area contributed by atoms with Gasteiger partial charge < -0.3 is 20.6 Å². The Bertz CT molecular complexity index is 758. The average Bonchev–Trinajstić information content (AvgIpc) is 3.18. The first-order chi connectivity index (χ1) is 26.6. The Morgan fingerprint density at radius 3 is 1.02 bits per heavy atom. The molecule has 3 atom stereocenters. The second kappa shape index (κ2) is 44.8. The number of carbonyl (C=O) groups is 1. The van der Waals surface area contributed by atoms with Crippen molar-refractivity contribution in [2.24, 2.45) is 0 Å². The fourth-order valence-electron chi connectivity index (χ4n) is 7.78. The molecule has 0 aromatic rings. The molecular formula is C49H97NO4. The first kappa shape index (κ1) is 53.1. The Balaban J connectivity index is 3.57. The fourth-order valence-corrected chi connectivity index (χ4v) is 7.78. The lowest BCUT2D eigenvalue weighted by molar-refractivity contribution is -0.131. The molecule has 0 saturated carbocycles. The summed E-state index contributed by atoms with van der Waals surface area (Å²) in [6.45, 7) is 4.21. The van der Waals surface area contributed by atoms with Gasteiger partial charge in [0.2, 0.25) is 5.91 Å². The van der Waals surface area contributed by atoms with E-state index in [4.69, 9.17) is 0 Å². The summed E-state index contributed by atoms with van der Waals surface area (Å²) in [7, 11) is 0. The van der Waals surface area contributed by atoms with Crippen LogP contribution in [-0.4, -0.2) is 46.1 Å². The lowest BCUT2D eigenvalue weighted by Gasteiger charge is -2.21. The predicted octanol–water partition coefficient (Wildman–Crippen LogP) is 14.4. The average molecular weight is 764 g/mol. The van der Waals surface area contributed by atoms with Crippen molar-refractivity contribution in [1.82, 2.24) is 5.32 Å². The normalized spacial score (nSPS) is 13.5. The number of carbonyl (C=O) groups excluding carboxylic acids is 1. The molecule has 5 heteroatoms. The third kappa shape index (κ3) is 39.3. The molecule has 0 saturated heterocycles. The number of allylic oxidation sites excluding steroid dienone is 1. The molecule has 0 bridgehead atoms.